The maximum atomic E-state index is 14.7. The summed E-state index contributed by atoms with van der Waals surface area (Å²) in [6.45, 7) is 19.0. The molecule has 1 aromatic rings. The third-order valence-electron chi connectivity index (χ3n) is 6.72. The van der Waals surface area contributed by atoms with E-state index in [2.05, 4.69) is 10.6 Å². The van der Waals surface area contributed by atoms with Gasteiger partial charge in [0.2, 0.25) is 34.8 Å². The van der Waals surface area contributed by atoms with Gasteiger partial charge in [0.15, 0.2) is 0 Å². The molecular formula is C37H57F5N4O10. The number of benzene rings is 1. The van der Waals surface area contributed by atoms with Crippen molar-refractivity contribution in [3.63, 3.8) is 0 Å². The number of amides is 4. The molecule has 1 aromatic carbocycles. The van der Waals surface area contributed by atoms with E-state index in [-0.39, 0.29) is 52.0 Å². The lowest BCUT2D eigenvalue weighted by Gasteiger charge is -2.33. The number of hydrogen-bond acceptors (Lipinski definition) is 10. The second kappa shape index (κ2) is 20.5. The molecule has 0 saturated carbocycles. The maximum Gasteiger partial charge on any atom is 0.411 e. The number of alkyl carbamates (subject to hydrolysis) is 2. The van der Waals surface area contributed by atoms with Crippen LogP contribution < -0.4 is 15.4 Å². The first-order chi connectivity index (χ1) is 25.4. The Kier molecular flexibility index (Phi) is 18.1. The summed E-state index contributed by atoms with van der Waals surface area (Å²) in [6.07, 6.45) is -3.70. The van der Waals surface area contributed by atoms with Gasteiger partial charge in [0, 0.05) is 32.7 Å². The zero-order chi connectivity index (χ0) is 43.4. The third-order valence-corrected chi connectivity index (χ3v) is 6.72. The van der Waals surface area contributed by atoms with Crippen molar-refractivity contribution in [2.75, 3.05) is 32.7 Å². The van der Waals surface area contributed by atoms with Crippen molar-refractivity contribution in [2.45, 2.75) is 137 Å². The summed E-state index contributed by atoms with van der Waals surface area (Å²) in [6, 6.07) is -1.80. The Labute approximate surface area is 325 Å². The van der Waals surface area contributed by atoms with Crippen molar-refractivity contribution in [2.24, 2.45) is 0 Å². The number of rotatable bonds is 15. The molecule has 14 nitrogen and oxygen atoms in total. The second-order valence-electron chi connectivity index (χ2n) is 16.7. The minimum atomic E-state index is -2.48. The van der Waals surface area contributed by atoms with Crippen molar-refractivity contribution >= 4 is 30.3 Å². The van der Waals surface area contributed by atoms with E-state index in [1.807, 2.05) is 0 Å². The van der Waals surface area contributed by atoms with Crippen LogP contribution in [0.25, 0.3) is 0 Å². The molecule has 4 amide bonds. The summed E-state index contributed by atoms with van der Waals surface area (Å²) in [7, 11) is 0. The van der Waals surface area contributed by atoms with E-state index in [0.29, 0.717) is 0 Å². The average molecular weight is 813 g/mol. The van der Waals surface area contributed by atoms with E-state index in [0.717, 1.165) is 4.90 Å². The third kappa shape index (κ3) is 18.4. The van der Waals surface area contributed by atoms with Crippen LogP contribution in [0.4, 0.5) is 41.1 Å². The Morgan fingerprint density at radius 3 is 1.34 bits per heavy atom. The molecule has 0 aliphatic carbocycles. The molecule has 320 valence electrons. The van der Waals surface area contributed by atoms with Crippen molar-refractivity contribution in [3.8, 4) is 5.75 Å². The highest BCUT2D eigenvalue weighted by atomic mass is 19.2. The fourth-order valence-corrected chi connectivity index (χ4v) is 4.56. The van der Waals surface area contributed by atoms with Crippen LogP contribution in [-0.4, -0.2) is 101 Å². The van der Waals surface area contributed by atoms with Crippen LogP contribution in [0.3, 0.4) is 0 Å². The van der Waals surface area contributed by atoms with Gasteiger partial charge in [-0.3, -0.25) is 4.90 Å². The Morgan fingerprint density at radius 2 is 0.911 bits per heavy atom. The van der Waals surface area contributed by atoms with Gasteiger partial charge in [-0.25, -0.2) is 37.1 Å². The molecule has 2 N–H and O–H groups in total. The molecule has 0 bridgehead atoms. The lowest BCUT2D eigenvalue weighted by atomic mass is 10.1. The number of nitrogens with one attached hydrogen (secondary N) is 2. The lowest BCUT2D eigenvalue weighted by molar-refractivity contribution is -0.141. The van der Waals surface area contributed by atoms with Crippen molar-refractivity contribution < 1.29 is 69.6 Å². The summed E-state index contributed by atoms with van der Waals surface area (Å²) >= 11 is 0. The molecule has 0 aromatic heterocycles. The van der Waals surface area contributed by atoms with Gasteiger partial charge in [-0.05, 0) is 109 Å². The summed E-state index contributed by atoms with van der Waals surface area (Å²) in [4.78, 5) is 66.9. The van der Waals surface area contributed by atoms with Crippen LogP contribution in [0.15, 0.2) is 0 Å². The number of nitrogens with zero attached hydrogens (tertiary/aromatic N) is 2. The van der Waals surface area contributed by atoms with Gasteiger partial charge in [0.05, 0.1) is 0 Å². The van der Waals surface area contributed by atoms with Gasteiger partial charge in [-0.2, -0.15) is 8.78 Å². The van der Waals surface area contributed by atoms with Gasteiger partial charge in [-0.1, -0.05) is 0 Å². The average Bonchev–Trinajstić information content (AvgIpc) is 3.01. The standard InChI is InChI=1S/C37H57F5N4O10/c1-34(2,3)53-30(48)43-17-14-20-45(32(50)55-36(7,8)9)19-13-16-22(29(47)52-28-26(41)24(39)23(38)25(40)27(28)42)46(33(51)56-37(10,11)12)21-15-18-44-31(49)54-35(4,5)6/h22H,13-21H2,1-12H3,(H,43,48)(H,44,49). The number of halogens is 5. The molecule has 19 heteroatoms. The van der Waals surface area contributed by atoms with Crippen LogP contribution in [0.2, 0.25) is 0 Å². The van der Waals surface area contributed by atoms with Crippen LogP contribution in [0.1, 0.15) is 109 Å². The number of hydrogen-bond donors (Lipinski definition) is 2. The van der Waals surface area contributed by atoms with Crippen LogP contribution in [-0.2, 0) is 23.7 Å². The SMILES string of the molecule is CC(C)(C)OC(=O)NCCCN(CCCC(C(=O)Oc1c(F)c(F)c(F)c(F)c1F)N(CCCNC(=O)OC(C)(C)C)C(=O)OC(C)(C)C)C(=O)OC(C)(C)C. The highest BCUT2D eigenvalue weighted by Crippen LogP contribution is 2.30. The predicted octanol–water partition coefficient (Wildman–Crippen LogP) is 7.74. The molecule has 1 unspecified atom stereocenters. The van der Waals surface area contributed by atoms with E-state index < -0.39 is 100 Å². The van der Waals surface area contributed by atoms with Crippen LogP contribution in [0, 0.1) is 29.1 Å². The Bertz CT molecular complexity index is 1510. The maximum absolute atomic E-state index is 14.7. The molecule has 0 spiro atoms. The second-order valence-corrected chi connectivity index (χ2v) is 16.7. The number of carbonyl (C=O) groups is 5. The molecule has 0 heterocycles. The molecule has 1 atom stereocenters. The Hall–Kier alpha value is -4.58. The number of esters is 1. The van der Waals surface area contributed by atoms with Gasteiger partial charge in [0.25, 0.3) is 0 Å². The molecule has 0 fully saturated rings. The monoisotopic (exact) mass is 812 g/mol. The highest BCUT2D eigenvalue weighted by molar-refractivity contribution is 5.83. The summed E-state index contributed by atoms with van der Waals surface area (Å²) in [5.41, 5.74) is -3.64. The first-order valence-corrected chi connectivity index (χ1v) is 18.1. The van der Waals surface area contributed by atoms with Gasteiger partial charge < -0.3 is 39.2 Å². The van der Waals surface area contributed by atoms with E-state index in [4.69, 9.17) is 23.7 Å². The fraction of sp³-hybridized carbons (Fsp3) is 0.703. The fourth-order valence-electron chi connectivity index (χ4n) is 4.56. The normalized spacial score (nSPS) is 12.6. The predicted molar refractivity (Wildman–Crippen MR) is 193 cm³/mol. The highest BCUT2D eigenvalue weighted by Gasteiger charge is 2.37. The molecule has 0 saturated heterocycles. The summed E-state index contributed by atoms with van der Waals surface area (Å²) in [5.74, 6) is -15.5. The molecule has 0 aliphatic heterocycles. The van der Waals surface area contributed by atoms with E-state index in [1.165, 1.54) is 25.7 Å². The zero-order valence-electron chi connectivity index (χ0n) is 34.3. The lowest BCUT2D eigenvalue weighted by Crippen LogP contribution is -2.50. The Morgan fingerprint density at radius 1 is 0.536 bits per heavy atom. The van der Waals surface area contributed by atoms with E-state index in [9.17, 15) is 45.9 Å². The van der Waals surface area contributed by atoms with Gasteiger partial charge in [0.1, 0.15) is 28.4 Å². The van der Waals surface area contributed by atoms with Crippen LogP contribution in [0.5, 0.6) is 5.75 Å². The van der Waals surface area contributed by atoms with Crippen molar-refractivity contribution in [1.82, 2.24) is 20.4 Å². The van der Waals surface area contributed by atoms with Crippen molar-refractivity contribution in [1.29, 1.82) is 0 Å². The molecule has 0 radical (unpaired) electrons. The smallest absolute Gasteiger partial charge is 0.411 e. The van der Waals surface area contributed by atoms with Crippen LogP contribution >= 0.6 is 0 Å². The Balaban J connectivity index is 3.48. The largest absolute Gasteiger partial charge is 0.444 e. The van der Waals surface area contributed by atoms with E-state index >= 15 is 0 Å². The van der Waals surface area contributed by atoms with Gasteiger partial charge >= 0.3 is 30.3 Å². The van der Waals surface area contributed by atoms with Crippen molar-refractivity contribution in [3.05, 3.63) is 29.1 Å². The summed E-state index contributed by atoms with van der Waals surface area (Å²) in [5, 5.41) is 5.06. The number of carbonyl (C=O) groups excluding carboxylic acids is 5. The molecule has 0 aliphatic rings. The molecule has 1 rings (SSSR count). The molecular weight excluding hydrogens is 755 g/mol. The topological polar surface area (TPSA) is 162 Å². The minimum Gasteiger partial charge on any atom is -0.444 e. The summed E-state index contributed by atoms with van der Waals surface area (Å²) < 4.78 is 97.4. The van der Waals surface area contributed by atoms with E-state index in [1.54, 1.807) is 62.3 Å². The molecule has 56 heavy (non-hydrogen) atoms. The first kappa shape index (κ1) is 49.4. The minimum absolute atomic E-state index is 0.0243. The van der Waals surface area contributed by atoms with Gasteiger partial charge in [-0.15, -0.1) is 0 Å². The zero-order valence-corrected chi connectivity index (χ0v) is 34.3. The number of ether oxygens (including phenoxy) is 5. The quantitative estimate of drug-likeness (QED) is 0.0341. The first-order valence-electron chi connectivity index (χ1n) is 18.1.